The first-order chi connectivity index (χ1) is 12.5. The average molecular weight is 355 g/mol. The van der Waals surface area contributed by atoms with Crippen molar-refractivity contribution >= 4 is 23.2 Å². The Kier molecular flexibility index (Phi) is 5.01. The van der Waals surface area contributed by atoms with E-state index in [2.05, 4.69) is 27.1 Å². The number of aromatic amines is 1. The molecule has 2 heterocycles. The Hall–Kier alpha value is -3.16. The first kappa shape index (κ1) is 17.7. The number of rotatable bonds is 4. The summed E-state index contributed by atoms with van der Waals surface area (Å²) in [5, 5.41) is 2.79. The highest BCUT2D eigenvalue weighted by molar-refractivity contribution is 6.05. The molecular weight excluding hydrogens is 334 g/mol. The molecule has 1 aromatic carbocycles. The van der Waals surface area contributed by atoms with Gasteiger partial charge in [-0.2, -0.15) is 0 Å². The van der Waals surface area contributed by atoms with E-state index in [0.717, 1.165) is 31.3 Å². The lowest BCUT2D eigenvalue weighted by Gasteiger charge is -2.36. The van der Waals surface area contributed by atoms with Gasteiger partial charge < -0.3 is 20.9 Å². The van der Waals surface area contributed by atoms with Crippen molar-refractivity contribution in [1.29, 1.82) is 0 Å². The summed E-state index contributed by atoms with van der Waals surface area (Å²) >= 11 is 0. The summed E-state index contributed by atoms with van der Waals surface area (Å²) in [4.78, 5) is 43.6. The molecule has 0 radical (unpaired) electrons. The van der Waals surface area contributed by atoms with Crippen LogP contribution in [0.5, 0.6) is 0 Å². The van der Waals surface area contributed by atoms with E-state index < -0.39 is 11.8 Å². The van der Waals surface area contributed by atoms with Crippen LogP contribution in [0.3, 0.4) is 0 Å². The molecule has 0 saturated carbocycles. The molecule has 3 rings (SSSR count). The fraction of sp³-hybridized carbons (Fsp3) is 0.333. The summed E-state index contributed by atoms with van der Waals surface area (Å²) in [6.07, 6.45) is 5.59. The highest BCUT2D eigenvalue weighted by Crippen LogP contribution is 2.32. The number of hydrogen-bond donors (Lipinski definition) is 3. The number of piperidine rings is 1. The van der Waals surface area contributed by atoms with Gasteiger partial charge in [0.25, 0.3) is 11.5 Å². The summed E-state index contributed by atoms with van der Waals surface area (Å²) in [6.45, 7) is 3.01. The van der Waals surface area contributed by atoms with Gasteiger partial charge in [-0.15, -0.1) is 0 Å². The molecular formula is C18H21N5O3. The second kappa shape index (κ2) is 7.38. The summed E-state index contributed by atoms with van der Waals surface area (Å²) in [7, 11) is 0. The van der Waals surface area contributed by atoms with E-state index in [1.807, 2.05) is 0 Å². The number of carbonyl (C=O) groups excluding carboxylic acids is 2. The largest absolute Gasteiger partial charge is 0.367 e. The van der Waals surface area contributed by atoms with Gasteiger partial charge in [0.1, 0.15) is 5.69 Å². The first-order valence-corrected chi connectivity index (χ1v) is 8.52. The lowest BCUT2D eigenvalue weighted by molar-refractivity contribution is 0.0995. The zero-order valence-corrected chi connectivity index (χ0v) is 14.5. The fourth-order valence-corrected chi connectivity index (χ4v) is 3.15. The number of H-pyrrole nitrogens is 1. The van der Waals surface area contributed by atoms with Crippen molar-refractivity contribution in [3.63, 3.8) is 0 Å². The van der Waals surface area contributed by atoms with Crippen LogP contribution in [0.25, 0.3) is 0 Å². The second-order valence-corrected chi connectivity index (χ2v) is 6.38. The lowest BCUT2D eigenvalue weighted by atomic mass is 10.0. The standard InChI is InChI=1S/C18H21N5O3/c1-11-4-2-3-7-23(11)15-6-5-12(17(19)25)8-13(15)22-18(26)14-9-21-16(24)10-20-14/h5-6,8-11H,2-4,7H2,1H3,(H2,19,25)(H,21,24)(H,22,26). The van der Waals surface area contributed by atoms with E-state index in [9.17, 15) is 14.4 Å². The SMILES string of the molecule is CC1CCCCN1c1ccc(C(N)=O)cc1NC(=O)c1c[nH]c(=O)cn1. The quantitative estimate of drug-likeness (QED) is 0.767. The maximum absolute atomic E-state index is 12.5. The normalized spacial score (nSPS) is 17.0. The average Bonchev–Trinajstić information content (AvgIpc) is 2.63. The van der Waals surface area contributed by atoms with Crippen LogP contribution < -0.4 is 21.5 Å². The molecule has 1 aliphatic heterocycles. The van der Waals surface area contributed by atoms with Gasteiger partial charge in [0.05, 0.1) is 17.6 Å². The van der Waals surface area contributed by atoms with Gasteiger partial charge in [-0.05, 0) is 44.4 Å². The monoisotopic (exact) mass is 355 g/mol. The molecule has 0 aliphatic carbocycles. The topological polar surface area (TPSA) is 121 Å². The molecule has 0 spiro atoms. The number of nitrogens with two attached hydrogens (primary N) is 1. The Morgan fingerprint density at radius 3 is 2.81 bits per heavy atom. The van der Waals surface area contributed by atoms with Crippen molar-refractivity contribution in [2.45, 2.75) is 32.2 Å². The molecule has 1 unspecified atom stereocenters. The van der Waals surface area contributed by atoms with Gasteiger partial charge in [-0.1, -0.05) is 0 Å². The van der Waals surface area contributed by atoms with E-state index in [1.165, 1.54) is 12.6 Å². The van der Waals surface area contributed by atoms with Crippen molar-refractivity contribution in [3.05, 3.63) is 52.2 Å². The fourth-order valence-electron chi connectivity index (χ4n) is 3.15. The number of benzene rings is 1. The smallest absolute Gasteiger partial charge is 0.275 e. The first-order valence-electron chi connectivity index (χ1n) is 8.52. The molecule has 0 bridgehead atoms. The van der Waals surface area contributed by atoms with Gasteiger partial charge in [-0.25, -0.2) is 4.98 Å². The molecule has 8 nitrogen and oxygen atoms in total. The van der Waals surface area contributed by atoms with Gasteiger partial charge in [0.15, 0.2) is 0 Å². The van der Waals surface area contributed by atoms with Crippen LogP contribution in [-0.2, 0) is 0 Å². The van der Waals surface area contributed by atoms with Crippen LogP contribution in [0.15, 0.2) is 35.4 Å². The minimum atomic E-state index is -0.569. The summed E-state index contributed by atoms with van der Waals surface area (Å²) in [5.41, 5.74) is 6.70. The van der Waals surface area contributed by atoms with Crippen molar-refractivity contribution in [3.8, 4) is 0 Å². The second-order valence-electron chi connectivity index (χ2n) is 6.38. The predicted octanol–water partition coefficient (Wildman–Crippen LogP) is 1.50. The Balaban J connectivity index is 1.95. The van der Waals surface area contributed by atoms with Crippen LogP contribution in [0.2, 0.25) is 0 Å². The zero-order valence-electron chi connectivity index (χ0n) is 14.5. The van der Waals surface area contributed by atoms with Crippen molar-refractivity contribution < 1.29 is 9.59 Å². The van der Waals surface area contributed by atoms with Crippen LogP contribution in [-0.4, -0.2) is 34.4 Å². The predicted molar refractivity (Wildman–Crippen MR) is 98.4 cm³/mol. The number of nitrogens with zero attached hydrogens (tertiary/aromatic N) is 2. The highest BCUT2D eigenvalue weighted by Gasteiger charge is 2.23. The third-order valence-electron chi connectivity index (χ3n) is 4.55. The third kappa shape index (κ3) is 3.74. The van der Waals surface area contributed by atoms with Crippen LogP contribution in [0.4, 0.5) is 11.4 Å². The number of nitrogens with one attached hydrogen (secondary N) is 2. The molecule has 8 heteroatoms. The molecule has 1 saturated heterocycles. The Bertz CT molecular complexity index is 872. The van der Waals surface area contributed by atoms with E-state index >= 15 is 0 Å². The van der Waals surface area contributed by atoms with Gasteiger partial charge in [0, 0.05) is 24.3 Å². The molecule has 136 valence electrons. The molecule has 1 aromatic heterocycles. The van der Waals surface area contributed by atoms with Gasteiger partial charge in [-0.3, -0.25) is 14.4 Å². The van der Waals surface area contributed by atoms with Crippen molar-refractivity contribution in [2.75, 3.05) is 16.8 Å². The number of hydrogen-bond acceptors (Lipinski definition) is 5. The number of primary amides is 1. The van der Waals surface area contributed by atoms with Crippen molar-refractivity contribution in [2.24, 2.45) is 5.73 Å². The maximum atomic E-state index is 12.5. The van der Waals surface area contributed by atoms with Gasteiger partial charge in [0.2, 0.25) is 5.91 Å². The van der Waals surface area contributed by atoms with E-state index in [0.29, 0.717) is 17.3 Å². The molecule has 1 fully saturated rings. The molecule has 4 N–H and O–H groups in total. The molecule has 26 heavy (non-hydrogen) atoms. The minimum Gasteiger partial charge on any atom is -0.367 e. The molecule has 1 aliphatic rings. The Labute approximate surface area is 150 Å². The zero-order chi connectivity index (χ0) is 18.7. The molecule has 2 amide bonds. The number of amides is 2. The number of anilines is 2. The van der Waals surface area contributed by atoms with Gasteiger partial charge >= 0.3 is 0 Å². The summed E-state index contributed by atoms with van der Waals surface area (Å²) < 4.78 is 0. The van der Waals surface area contributed by atoms with Crippen LogP contribution in [0.1, 0.15) is 47.0 Å². The van der Waals surface area contributed by atoms with Crippen LogP contribution >= 0.6 is 0 Å². The third-order valence-corrected chi connectivity index (χ3v) is 4.55. The number of aromatic nitrogens is 2. The van der Waals surface area contributed by atoms with Crippen LogP contribution in [0, 0.1) is 0 Å². The molecule has 2 aromatic rings. The number of carbonyl (C=O) groups is 2. The van der Waals surface area contributed by atoms with E-state index in [1.54, 1.807) is 18.2 Å². The summed E-state index contributed by atoms with van der Waals surface area (Å²) in [5.74, 6) is -1.05. The minimum absolute atomic E-state index is 0.0757. The lowest BCUT2D eigenvalue weighted by Crippen LogP contribution is -2.38. The maximum Gasteiger partial charge on any atom is 0.275 e. The van der Waals surface area contributed by atoms with Crippen molar-refractivity contribution in [1.82, 2.24) is 9.97 Å². The van der Waals surface area contributed by atoms with E-state index in [-0.39, 0.29) is 11.3 Å². The molecule has 1 atom stereocenters. The Morgan fingerprint density at radius 1 is 1.35 bits per heavy atom. The highest BCUT2D eigenvalue weighted by atomic mass is 16.2. The van der Waals surface area contributed by atoms with E-state index in [4.69, 9.17) is 5.73 Å². The summed E-state index contributed by atoms with van der Waals surface area (Å²) in [6, 6.07) is 5.36. The Morgan fingerprint density at radius 2 is 2.15 bits per heavy atom.